The maximum atomic E-state index is 11.2. The van der Waals surface area contributed by atoms with Crippen LogP contribution in [0.2, 0.25) is 0 Å². The smallest absolute Gasteiger partial charge is 0.271 e. The number of carbonyl (C=O) groups excluding carboxylic acids is 1. The highest BCUT2D eigenvalue weighted by atomic mass is 16.1. The van der Waals surface area contributed by atoms with Crippen LogP contribution in [0.15, 0.2) is 12.1 Å². The first-order valence-corrected chi connectivity index (χ1v) is 5.19. The minimum atomic E-state index is -0.242. The van der Waals surface area contributed by atoms with Crippen molar-refractivity contribution in [1.29, 1.82) is 0 Å². The van der Waals surface area contributed by atoms with Crippen LogP contribution in [-0.2, 0) is 0 Å². The van der Waals surface area contributed by atoms with E-state index >= 15 is 0 Å². The zero-order chi connectivity index (χ0) is 12.0. The molecule has 0 fully saturated rings. The number of nitrogens with two attached hydrogens (primary N) is 1. The van der Waals surface area contributed by atoms with Gasteiger partial charge in [0.2, 0.25) is 0 Å². The minimum absolute atomic E-state index is 0.241. The summed E-state index contributed by atoms with van der Waals surface area (Å²) < 4.78 is 0. The molecule has 88 valence electrons. The van der Waals surface area contributed by atoms with E-state index in [2.05, 4.69) is 20.8 Å². The van der Waals surface area contributed by atoms with E-state index in [0.29, 0.717) is 18.1 Å². The summed E-state index contributed by atoms with van der Waals surface area (Å²) >= 11 is 0. The molecule has 1 aromatic heterocycles. The quantitative estimate of drug-likeness (QED) is 0.652. The third kappa shape index (κ3) is 3.47. The fraction of sp³-hybridized carbons (Fsp3) is 0.500. The molecule has 1 unspecified atom stereocenters. The molecule has 0 aliphatic heterocycles. The molecule has 1 rings (SSSR count). The Morgan fingerprint density at radius 2 is 2.25 bits per heavy atom. The van der Waals surface area contributed by atoms with Gasteiger partial charge >= 0.3 is 0 Å². The number of hydrogen-bond donors (Lipinski definition) is 3. The van der Waals surface area contributed by atoms with Crippen molar-refractivity contribution in [3.05, 3.63) is 17.8 Å². The number of hydrogen-bond acceptors (Lipinski definition) is 5. The number of nitrogens with one attached hydrogen (secondary N) is 2. The molecule has 0 aliphatic rings. The molecule has 6 heteroatoms. The van der Waals surface area contributed by atoms with Gasteiger partial charge in [-0.2, -0.15) is 0 Å². The Balaban J connectivity index is 2.61. The van der Waals surface area contributed by atoms with Crippen LogP contribution in [-0.4, -0.2) is 35.7 Å². The molecular formula is C10H17N5O. The molecule has 0 aromatic carbocycles. The summed E-state index contributed by atoms with van der Waals surface area (Å²) in [5.41, 5.74) is 5.74. The van der Waals surface area contributed by atoms with E-state index in [1.165, 1.54) is 0 Å². The van der Waals surface area contributed by atoms with Gasteiger partial charge in [-0.05, 0) is 32.0 Å². The van der Waals surface area contributed by atoms with Crippen molar-refractivity contribution in [1.82, 2.24) is 15.5 Å². The fourth-order valence-electron chi connectivity index (χ4n) is 1.23. The average molecular weight is 223 g/mol. The largest absolute Gasteiger partial charge is 0.366 e. The Morgan fingerprint density at radius 1 is 1.50 bits per heavy atom. The van der Waals surface area contributed by atoms with Gasteiger partial charge in [-0.1, -0.05) is 0 Å². The lowest BCUT2D eigenvalue weighted by atomic mass is 10.2. The van der Waals surface area contributed by atoms with Crippen molar-refractivity contribution in [2.45, 2.75) is 19.4 Å². The van der Waals surface area contributed by atoms with E-state index in [4.69, 9.17) is 5.73 Å². The molecule has 1 aromatic rings. The van der Waals surface area contributed by atoms with E-state index in [0.717, 1.165) is 6.42 Å². The summed E-state index contributed by atoms with van der Waals surface area (Å²) in [5, 5.41) is 13.3. The second-order valence-electron chi connectivity index (χ2n) is 3.51. The first-order valence-electron chi connectivity index (χ1n) is 5.19. The number of amides is 1. The second-order valence-corrected chi connectivity index (χ2v) is 3.51. The highest BCUT2D eigenvalue weighted by molar-refractivity contribution is 5.91. The van der Waals surface area contributed by atoms with Crippen LogP contribution in [0, 0.1) is 0 Å². The zero-order valence-corrected chi connectivity index (χ0v) is 9.53. The molecule has 0 spiro atoms. The van der Waals surface area contributed by atoms with E-state index < -0.39 is 0 Å². The standard InChI is InChI=1S/C10H17N5O/c1-7(5-6-11)13-9-4-3-8(14-15-9)10(16)12-2/h3-4,7H,5-6,11H2,1-2H3,(H,12,16)(H,13,15). The molecule has 1 amide bonds. The first-order chi connectivity index (χ1) is 7.67. The van der Waals surface area contributed by atoms with Crippen molar-refractivity contribution < 1.29 is 4.79 Å². The molecule has 6 nitrogen and oxygen atoms in total. The van der Waals surface area contributed by atoms with Gasteiger partial charge in [-0.15, -0.1) is 10.2 Å². The van der Waals surface area contributed by atoms with Gasteiger partial charge in [0.25, 0.3) is 5.91 Å². The van der Waals surface area contributed by atoms with Gasteiger partial charge < -0.3 is 16.4 Å². The van der Waals surface area contributed by atoms with Gasteiger partial charge in [0, 0.05) is 13.1 Å². The molecule has 0 bridgehead atoms. The third-order valence-electron chi connectivity index (χ3n) is 2.12. The molecule has 0 aliphatic carbocycles. The average Bonchev–Trinajstić information content (AvgIpc) is 2.29. The van der Waals surface area contributed by atoms with Crippen LogP contribution in [0.1, 0.15) is 23.8 Å². The predicted octanol–water partition coefficient (Wildman–Crippen LogP) is -0.0146. The van der Waals surface area contributed by atoms with Gasteiger partial charge in [-0.3, -0.25) is 4.79 Å². The van der Waals surface area contributed by atoms with Gasteiger partial charge in [0.05, 0.1) is 0 Å². The van der Waals surface area contributed by atoms with Gasteiger partial charge in [0.1, 0.15) is 5.82 Å². The summed E-state index contributed by atoms with van der Waals surface area (Å²) in [7, 11) is 1.56. The lowest BCUT2D eigenvalue weighted by Gasteiger charge is -2.12. The van der Waals surface area contributed by atoms with Crippen LogP contribution < -0.4 is 16.4 Å². The predicted molar refractivity (Wildman–Crippen MR) is 62.2 cm³/mol. The van der Waals surface area contributed by atoms with Crippen LogP contribution in [0.3, 0.4) is 0 Å². The second kappa shape index (κ2) is 6.02. The Bertz CT molecular complexity index is 338. The van der Waals surface area contributed by atoms with Crippen LogP contribution in [0.4, 0.5) is 5.82 Å². The fourth-order valence-corrected chi connectivity index (χ4v) is 1.23. The summed E-state index contributed by atoms with van der Waals surface area (Å²) in [6, 6.07) is 3.60. The van der Waals surface area contributed by atoms with Crippen LogP contribution in [0.5, 0.6) is 0 Å². The highest BCUT2D eigenvalue weighted by Gasteiger charge is 2.06. The van der Waals surface area contributed by atoms with Crippen molar-refractivity contribution >= 4 is 11.7 Å². The van der Waals surface area contributed by atoms with Gasteiger partial charge in [0.15, 0.2) is 5.69 Å². The first kappa shape index (κ1) is 12.4. The number of nitrogens with zero attached hydrogens (tertiary/aromatic N) is 2. The molecule has 0 radical (unpaired) electrons. The van der Waals surface area contributed by atoms with Crippen LogP contribution in [0.25, 0.3) is 0 Å². The molecule has 1 heterocycles. The van der Waals surface area contributed by atoms with Gasteiger partial charge in [-0.25, -0.2) is 0 Å². The lowest BCUT2D eigenvalue weighted by Crippen LogP contribution is -2.22. The SMILES string of the molecule is CNC(=O)c1ccc(NC(C)CCN)nn1. The van der Waals surface area contributed by atoms with E-state index in [-0.39, 0.29) is 11.9 Å². The Kier molecular flexibility index (Phi) is 4.65. The molecular weight excluding hydrogens is 206 g/mol. The highest BCUT2D eigenvalue weighted by Crippen LogP contribution is 2.05. The van der Waals surface area contributed by atoms with Crippen molar-refractivity contribution in [2.75, 3.05) is 18.9 Å². The maximum absolute atomic E-state index is 11.2. The summed E-state index contributed by atoms with van der Waals surface area (Å²) in [4.78, 5) is 11.2. The van der Waals surface area contributed by atoms with E-state index in [1.807, 2.05) is 6.92 Å². The Morgan fingerprint density at radius 3 is 2.75 bits per heavy atom. The lowest BCUT2D eigenvalue weighted by molar-refractivity contribution is 0.0957. The molecule has 0 saturated heterocycles. The maximum Gasteiger partial charge on any atom is 0.271 e. The molecule has 4 N–H and O–H groups in total. The number of carbonyl (C=O) groups is 1. The molecule has 0 saturated carbocycles. The number of aromatic nitrogens is 2. The summed E-state index contributed by atoms with van der Waals surface area (Å²) in [6.45, 7) is 2.64. The number of rotatable bonds is 5. The molecule has 16 heavy (non-hydrogen) atoms. The Labute approximate surface area is 94.6 Å². The van der Waals surface area contributed by atoms with Crippen molar-refractivity contribution in [3.63, 3.8) is 0 Å². The van der Waals surface area contributed by atoms with Crippen molar-refractivity contribution in [3.8, 4) is 0 Å². The van der Waals surface area contributed by atoms with E-state index in [9.17, 15) is 4.79 Å². The minimum Gasteiger partial charge on any atom is -0.366 e. The molecule has 1 atom stereocenters. The van der Waals surface area contributed by atoms with E-state index in [1.54, 1.807) is 19.2 Å². The normalized spacial score (nSPS) is 11.9. The van der Waals surface area contributed by atoms with Crippen molar-refractivity contribution in [2.24, 2.45) is 5.73 Å². The monoisotopic (exact) mass is 223 g/mol. The summed E-state index contributed by atoms with van der Waals surface area (Å²) in [6.07, 6.45) is 0.860. The summed E-state index contributed by atoms with van der Waals surface area (Å²) in [5.74, 6) is 0.405. The zero-order valence-electron chi connectivity index (χ0n) is 9.53. The number of anilines is 1. The van der Waals surface area contributed by atoms with Crippen LogP contribution >= 0.6 is 0 Å². The third-order valence-corrected chi connectivity index (χ3v) is 2.12. The Hall–Kier alpha value is -1.69. The topological polar surface area (TPSA) is 92.9 Å².